The van der Waals surface area contributed by atoms with E-state index in [-0.39, 0.29) is 15.8 Å². The van der Waals surface area contributed by atoms with E-state index in [0.717, 1.165) is 45.2 Å². The first-order valence-electron chi connectivity index (χ1n) is 9.79. The van der Waals surface area contributed by atoms with Crippen molar-refractivity contribution in [3.05, 3.63) is 23.2 Å². The highest BCUT2D eigenvalue weighted by Gasteiger charge is 2.28. The van der Waals surface area contributed by atoms with Crippen LogP contribution in [0.5, 0.6) is 0 Å². The fourth-order valence-electron chi connectivity index (χ4n) is 3.72. The molecule has 0 atom stereocenters. The number of amides is 1. The Kier molecular flexibility index (Phi) is 7.14. The number of benzene rings is 1. The second-order valence-electron chi connectivity index (χ2n) is 7.35. The van der Waals surface area contributed by atoms with Gasteiger partial charge < -0.3 is 5.32 Å². The molecule has 0 bridgehead atoms. The molecule has 0 unspecified atom stereocenters. The highest BCUT2D eigenvalue weighted by atomic mass is 35.5. The lowest BCUT2D eigenvalue weighted by molar-refractivity contribution is -0.117. The summed E-state index contributed by atoms with van der Waals surface area (Å²) < 4.78 is 27.3. The van der Waals surface area contributed by atoms with Gasteiger partial charge in [0, 0.05) is 18.8 Å². The van der Waals surface area contributed by atoms with Crippen LogP contribution in [0.15, 0.2) is 23.1 Å². The minimum absolute atomic E-state index is 0.0682. The lowest BCUT2D eigenvalue weighted by atomic mass is 10.2. The van der Waals surface area contributed by atoms with Crippen LogP contribution in [-0.2, 0) is 14.8 Å². The molecule has 2 saturated heterocycles. The number of sulfonamides is 1. The number of carbonyl (C=O) groups excluding carboxylic acids is 1. The summed E-state index contributed by atoms with van der Waals surface area (Å²) in [6.07, 6.45) is 7.44. The molecule has 2 aliphatic heterocycles. The van der Waals surface area contributed by atoms with Gasteiger partial charge in [0.15, 0.2) is 0 Å². The number of hydrogen-bond donors (Lipinski definition) is 1. The van der Waals surface area contributed by atoms with E-state index in [9.17, 15) is 13.2 Å². The molecule has 150 valence electrons. The second kappa shape index (κ2) is 9.37. The van der Waals surface area contributed by atoms with Crippen LogP contribution in [-0.4, -0.2) is 56.3 Å². The van der Waals surface area contributed by atoms with Crippen molar-refractivity contribution >= 4 is 33.2 Å². The summed E-state index contributed by atoms with van der Waals surface area (Å²) in [6.45, 7) is 3.23. The molecule has 1 aromatic rings. The Bertz CT molecular complexity index is 755. The zero-order valence-electron chi connectivity index (χ0n) is 15.6. The largest absolute Gasteiger partial charge is 0.325 e. The number of hydrogen-bond acceptors (Lipinski definition) is 4. The molecular formula is C19H28ClN3O3S. The topological polar surface area (TPSA) is 69.7 Å². The highest BCUT2D eigenvalue weighted by molar-refractivity contribution is 7.89. The maximum Gasteiger partial charge on any atom is 0.244 e. The Morgan fingerprint density at radius 3 is 2.22 bits per heavy atom. The Morgan fingerprint density at radius 1 is 0.963 bits per heavy atom. The number of nitrogens with one attached hydrogen (secondary N) is 1. The molecule has 1 N–H and O–H groups in total. The Labute approximate surface area is 166 Å². The third kappa shape index (κ3) is 5.44. The first kappa shape index (κ1) is 20.6. The average Bonchev–Trinajstić information content (AvgIpc) is 2.92. The Hall–Kier alpha value is -1.15. The van der Waals surface area contributed by atoms with E-state index in [2.05, 4.69) is 10.2 Å². The van der Waals surface area contributed by atoms with Gasteiger partial charge in [0.05, 0.1) is 11.6 Å². The number of nitrogens with zero attached hydrogens (tertiary/aromatic N) is 2. The van der Waals surface area contributed by atoms with Crippen LogP contribution >= 0.6 is 11.6 Å². The minimum Gasteiger partial charge on any atom is -0.325 e. The van der Waals surface area contributed by atoms with Crippen molar-refractivity contribution in [3.8, 4) is 0 Å². The van der Waals surface area contributed by atoms with Gasteiger partial charge in [-0.25, -0.2) is 8.42 Å². The van der Waals surface area contributed by atoms with Crippen LogP contribution in [0.4, 0.5) is 5.69 Å². The number of rotatable bonds is 5. The predicted octanol–water partition coefficient (Wildman–Crippen LogP) is 3.33. The smallest absolute Gasteiger partial charge is 0.244 e. The maximum atomic E-state index is 12.9. The molecule has 2 fully saturated rings. The van der Waals surface area contributed by atoms with Crippen LogP contribution in [0.2, 0.25) is 5.02 Å². The number of piperidine rings is 1. The van der Waals surface area contributed by atoms with Crippen molar-refractivity contribution in [1.82, 2.24) is 9.21 Å². The zero-order chi connectivity index (χ0) is 19.3. The van der Waals surface area contributed by atoms with Crippen molar-refractivity contribution < 1.29 is 13.2 Å². The van der Waals surface area contributed by atoms with E-state index in [1.54, 1.807) is 12.1 Å². The van der Waals surface area contributed by atoms with Crippen molar-refractivity contribution in [2.45, 2.75) is 49.8 Å². The van der Waals surface area contributed by atoms with Crippen molar-refractivity contribution in [1.29, 1.82) is 0 Å². The van der Waals surface area contributed by atoms with E-state index in [1.807, 2.05) is 0 Å². The van der Waals surface area contributed by atoms with Gasteiger partial charge in [-0.2, -0.15) is 4.31 Å². The van der Waals surface area contributed by atoms with Gasteiger partial charge >= 0.3 is 0 Å². The Morgan fingerprint density at radius 2 is 1.56 bits per heavy atom. The maximum absolute atomic E-state index is 12.9. The Balaban J connectivity index is 1.70. The molecule has 0 saturated carbocycles. The van der Waals surface area contributed by atoms with E-state index in [4.69, 9.17) is 11.6 Å². The molecule has 0 radical (unpaired) electrons. The van der Waals surface area contributed by atoms with E-state index >= 15 is 0 Å². The normalized spacial score (nSPS) is 20.2. The van der Waals surface area contributed by atoms with Crippen LogP contribution in [0.3, 0.4) is 0 Å². The average molecular weight is 414 g/mol. The predicted molar refractivity (Wildman–Crippen MR) is 108 cm³/mol. The fourth-order valence-corrected chi connectivity index (χ4v) is 5.74. The minimum atomic E-state index is -3.64. The van der Waals surface area contributed by atoms with Crippen LogP contribution in [0, 0.1) is 0 Å². The highest BCUT2D eigenvalue weighted by Crippen LogP contribution is 2.29. The van der Waals surface area contributed by atoms with Crippen LogP contribution < -0.4 is 5.32 Å². The van der Waals surface area contributed by atoms with Gasteiger partial charge in [-0.1, -0.05) is 30.9 Å². The number of carbonyl (C=O) groups is 1. The molecular weight excluding hydrogens is 386 g/mol. The van der Waals surface area contributed by atoms with Gasteiger partial charge in [-0.15, -0.1) is 0 Å². The summed E-state index contributed by atoms with van der Waals surface area (Å²) in [5, 5.41) is 3.02. The van der Waals surface area contributed by atoms with Gasteiger partial charge in [0.2, 0.25) is 15.9 Å². The van der Waals surface area contributed by atoms with E-state index < -0.39 is 10.0 Å². The van der Waals surface area contributed by atoms with Gasteiger partial charge in [0.1, 0.15) is 4.90 Å². The van der Waals surface area contributed by atoms with Crippen molar-refractivity contribution in [2.75, 3.05) is 38.0 Å². The molecule has 27 heavy (non-hydrogen) atoms. The van der Waals surface area contributed by atoms with Crippen LogP contribution in [0.1, 0.15) is 44.9 Å². The molecule has 8 heteroatoms. The first-order chi connectivity index (χ1) is 13.0. The molecule has 1 aromatic carbocycles. The summed E-state index contributed by atoms with van der Waals surface area (Å²) in [5.41, 5.74) is 0.467. The summed E-state index contributed by atoms with van der Waals surface area (Å²) in [5.74, 6) is -0.124. The SMILES string of the molecule is O=C(CN1CCCCCC1)Nc1ccc(Cl)c(S(=O)(=O)N2CCCCC2)c1. The van der Waals surface area contributed by atoms with Gasteiger partial charge in [-0.3, -0.25) is 9.69 Å². The molecule has 2 aliphatic rings. The summed E-state index contributed by atoms with van der Waals surface area (Å²) in [4.78, 5) is 14.6. The molecule has 0 aromatic heterocycles. The molecule has 1 amide bonds. The molecule has 6 nitrogen and oxygen atoms in total. The van der Waals surface area contributed by atoms with Gasteiger partial charge in [-0.05, 0) is 57.0 Å². The number of likely N-dealkylation sites (tertiary alicyclic amines) is 1. The summed E-state index contributed by atoms with van der Waals surface area (Å²) in [7, 11) is -3.64. The third-order valence-corrected chi connectivity index (χ3v) is 7.59. The fraction of sp³-hybridized carbons (Fsp3) is 0.632. The van der Waals surface area contributed by atoms with E-state index in [0.29, 0.717) is 25.3 Å². The summed E-state index contributed by atoms with van der Waals surface area (Å²) in [6, 6.07) is 4.67. The zero-order valence-corrected chi connectivity index (χ0v) is 17.2. The van der Waals surface area contributed by atoms with Crippen molar-refractivity contribution in [3.63, 3.8) is 0 Å². The van der Waals surface area contributed by atoms with Gasteiger partial charge in [0.25, 0.3) is 0 Å². The molecule has 0 aliphatic carbocycles. The summed E-state index contributed by atoms with van der Waals surface area (Å²) >= 11 is 6.18. The number of anilines is 1. The first-order valence-corrected chi connectivity index (χ1v) is 11.6. The molecule has 2 heterocycles. The standard InChI is InChI=1S/C19H28ClN3O3S/c20-17-9-8-16(21-19(24)15-22-10-4-1-2-5-11-22)14-18(17)27(25,26)23-12-6-3-7-13-23/h8-9,14H,1-7,10-13,15H2,(H,21,24). The third-order valence-electron chi connectivity index (χ3n) is 5.21. The quantitative estimate of drug-likeness (QED) is 0.803. The lowest BCUT2D eigenvalue weighted by Crippen LogP contribution is -2.36. The molecule has 0 spiro atoms. The van der Waals surface area contributed by atoms with Crippen molar-refractivity contribution in [2.24, 2.45) is 0 Å². The second-order valence-corrected chi connectivity index (χ2v) is 9.66. The van der Waals surface area contributed by atoms with E-state index in [1.165, 1.54) is 23.2 Å². The van der Waals surface area contributed by atoms with Crippen LogP contribution in [0.25, 0.3) is 0 Å². The lowest BCUT2D eigenvalue weighted by Gasteiger charge is -2.26. The molecule has 3 rings (SSSR count). The number of halogens is 1. The monoisotopic (exact) mass is 413 g/mol.